The Kier molecular flexibility index (Phi) is 45.5. The monoisotopic (exact) mass is 2040 g/mol. The maximum absolute atomic E-state index is 15.2. The van der Waals surface area contributed by atoms with Gasteiger partial charge in [0.1, 0.15) is 24.2 Å². The summed E-state index contributed by atoms with van der Waals surface area (Å²) in [5.74, 6) is -10.9. The molecule has 0 unspecified atom stereocenters. The molecule has 0 aromatic heterocycles. The summed E-state index contributed by atoms with van der Waals surface area (Å²) < 4.78 is 86.6. The Balaban J connectivity index is 1.12. The number of unbranched alkanes of at least 4 members (excludes halogenated alkanes) is 32. The number of hydrogen-bond acceptors (Lipinski definition) is 20. The van der Waals surface area contributed by atoms with Crippen molar-refractivity contribution in [3.05, 3.63) is 212 Å². The Hall–Kier alpha value is -12.9. The Morgan fingerprint density at radius 2 is 0.399 bits per heavy atom. The van der Waals surface area contributed by atoms with E-state index in [4.69, 9.17) is 56.8 Å². The van der Waals surface area contributed by atoms with Gasteiger partial charge in [0.15, 0.2) is 72.4 Å². The maximum Gasteiger partial charge on any atom is 0.326 e. The molecule has 0 radical (unpaired) electrons. The van der Waals surface area contributed by atoms with Crippen LogP contribution in [-0.4, -0.2) is 146 Å². The van der Waals surface area contributed by atoms with Crippen LogP contribution in [0.1, 0.15) is 375 Å². The van der Waals surface area contributed by atoms with Crippen LogP contribution in [0, 0.1) is 0 Å². The predicted molar refractivity (Wildman–Crippen MR) is 566 cm³/mol. The van der Waals surface area contributed by atoms with Gasteiger partial charge in [-0.3, -0.25) is 19.2 Å². The van der Waals surface area contributed by atoms with Crippen molar-refractivity contribution in [1.29, 1.82) is 0 Å². The number of benzene rings is 8. The number of rotatable bonds is 68. The molecule has 4 aliphatic heterocycles. The van der Waals surface area contributed by atoms with Gasteiger partial charge in [0.2, 0.25) is 50.2 Å². The predicted octanol–water partition coefficient (Wildman–Crippen LogP) is 23.9. The van der Waals surface area contributed by atoms with Crippen LogP contribution in [0.3, 0.4) is 0 Å². The number of nitrogens with one attached hydrogen (secondary N) is 4. The molecule has 0 saturated carbocycles. The zero-order valence-corrected chi connectivity index (χ0v) is 87.2. The van der Waals surface area contributed by atoms with E-state index in [1.807, 2.05) is 24.3 Å². The number of ether oxygens (including phenoxy) is 12. The van der Waals surface area contributed by atoms with Crippen LogP contribution in [0.2, 0.25) is 0 Å². The molecule has 5 aliphatic rings. The Morgan fingerprint density at radius 1 is 0.243 bits per heavy atom. The van der Waals surface area contributed by atoms with Crippen molar-refractivity contribution in [3.63, 3.8) is 0 Å². The lowest BCUT2D eigenvalue weighted by atomic mass is 9.75. The fourth-order valence-electron chi connectivity index (χ4n) is 21.3. The van der Waals surface area contributed by atoms with Crippen LogP contribution < -0.4 is 78.1 Å². The molecule has 4 heterocycles. The number of carbonyl (C=O) groups excluding carboxylic acids is 4. The lowest BCUT2D eigenvalue weighted by Gasteiger charge is -2.37. The minimum Gasteiger partial charge on any atom is -0.480 e. The fraction of sp³-hybridized carbons (Fsp3) is 0.533. The molecule has 0 spiro atoms. The molecule has 4 amide bonds. The van der Waals surface area contributed by atoms with Gasteiger partial charge in [-0.05, 0) is 72.2 Å². The summed E-state index contributed by atoms with van der Waals surface area (Å²) in [5, 5.41) is 54.8. The number of aliphatic carboxylic acids is 4. The quantitative estimate of drug-likeness (QED) is 0.0164. The second kappa shape index (κ2) is 59.9. The Morgan fingerprint density at radius 3 is 0.554 bits per heavy atom. The minimum absolute atomic E-state index is 0.0367. The van der Waals surface area contributed by atoms with E-state index in [1.165, 1.54) is 0 Å². The van der Waals surface area contributed by atoms with Gasteiger partial charge >= 0.3 is 23.9 Å². The molecule has 0 saturated heterocycles. The standard InChI is InChI=1S/C120H156N4O24/c1-5-9-13-17-21-25-29-33-49-61-85-89-69-91-86(62-50-34-30-26-22-18-14-10-6-2)93-71-95-88(64-52-36-32-28-24-20-16-12-8-4)96-72-94-87(63-51-35-31-27-23-19-15-11-7-3)92-70-90(85)106-114(138-74-102(126)122-98(118(131)132)66-82-55-43-38-44-56-82)108(92)144-79-146-110(94)116(140-76-104(128)124-100(120(135)136)68-84-59-47-40-48-60-84)112(96)148-80-147-111(95)115(139-75-103(127)123-99(119(133)134)67-83-57-45-39-46-58-83)109(93)145-78-143-107(91)113(105(89)141-77-142-106)137-73-101(125)121-97(117(129)130)65-81-53-41-37-42-54-81/h37-48,53-60,69-72,85-88,97-100H,5-36,49-52,61-68,73-80H2,1-4H3,(H,121,125)(H,122,126)(H,123,127)(H,124,128)(H,129,130)(H,131,132)(H,133,134)(H,135,136)/t85?,86?,87?,88?,97-,98-,99-,100-/m0/s1. The highest BCUT2D eigenvalue weighted by molar-refractivity contribution is 5.88. The zero-order valence-electron chi connectivity index (χ0n) is 87.2. The molecule has 28 nitrogen and oxygen atoms in total. The lowest BCUT2D eigenvalue weighted by molar-refractivity contribution is -0.142. The Labute approximate surface area is 872 Å². The van der Waals surface area contributed by atoms with E-state index in [9.17, 15) is 39.6 Å². The molecule has 148 heavy (non-hydrogen) atoms. The van der Waals surface area contributed by atoms with E-state index in [2.05, 4.69) is 73.2 Å². The van der Waals surface area contributed by atoms with Crippen molar-refractivity contribution in [2.24, 2.45) is 0 Å². The van der Waals surface area contributed by atoms with Gasteiger partial charge in [-0.2, -0.15) is 0 Å². The number of carbonyl (C=O) groups is 8. The summed E-state index contributed by atoms with van der Waals surface area (Å²) in [5.41, 5.74) is 7.02. The molecule has 0 fully saturated rings. The number of carboxylic acids is 4. The molecule has 800 valence electrons. The molecule has 28 heteroatoms. The molecule has 8 bridgehead atoms. The van der Waals surface area contributed by atoms with Gasteiger partial charge in [-0.15, -0.1) is 0 Å². The Bertz CT molecular complexity index is 4770. The van der Waals surface area contributed by atoms with Gasteiger partial charge in [-0.1, -0.05) is 380 Å². The van der Waals surface area contributed by atoms with E-state index in [0.717, 1.165) is 205 Å². The average molecular weight is 2040 g/mol. The van der Waals surface area contributed by atoms with E-state index in [1.54, 1.807) is 97.1 Å². The van der Waals surface area contributed by atoms with Crippen LogP contribution in [0.4, 0.5) is 0 Å². The van der Waals surface area contributed by atoms with Crippen LogP contribution in [-0.2, 0) is 64.0 Å². The molecule has 8 aromatic carbocycles. The highest BCUT2D eigenvalue weighted by atomic mass is 16.7. The first-order valence-corrected chi connectivity index (χ1v) is 54.9. The van der Waals surface area contributed by atoms with Crippen molar-refractivity contribution < 1.29 is 116 Å². The molecule has 4 atom stereocenters. The SMILES string of the molecule is CCCCCCCCCCCC1c2cc3c4c(OCC(=O)N[C@@H](Cc5ccccc5)C(=O)O)c2OCOc2c1cc1c(c2OCC(=O)N[C@@H](Cc2ccccc2)C(=O)O)OCOc2c(cc5c(c2OCC(=O)N[C@@H](Cc2ccccc2)C(=O)O)OCOc2c(cc(c(c2OCC(=O)N[C@@H](Cc2ccccc2)C(=O)O)OCO4)C3CCCCCCCCCCC)C5CCCCCCCCCCC)C1CCCCCCCCCCC. The normalized spacial score (nSPS) is 15.6. The summed E-state index contributed by atoms with van der Waals surface area (Å²) >= 11 is 0. The van der Waals surface area contributed by atoms with Crippen LogP contribution in [0.25, 0.3) is 0 Å². The third-order valence-electron chi connectivity index (χ3n) is 29.1. The molecular formula is C120H156N4O24. The second-order valence-electron chi connectivity index (χ2n) is 40.2. The van der Waals surface area contributed by atoms with E-state index >= 15 is 19.2 Å². The van der Waals surface area contributed by atoms with E-state index in [-0.39, 0.29) is 94.7 Å². The molecule has 8 aromatic rings. The van der Waals surface area contributed by atoms with Crippen LogP contribution >= 0.6 is 0 Å². The lowest BCUT2D eigenvalue weighted by Crippen LogP contribution is -2.44. The van der Waals surface area contributed by atoms with Gasteiger partial charge in [-0.25, -0.2) is 19.2 Å². The number of carboxylic acid groups (broad SMARTS) is 4. The third-order valence-corrected chi connectivity index (χ3v) is 29.1. The average Bonchev–Trinajstić information content (AvgIpc) is 0.717. The topological polar surface area (TPSA) is 376 Å². The maximum atomic E-state index is 15.2. The van der Waals surface area contributed by atoms with Gasteiger partial charge in [0, 0.05) is 93.9 Å². The van der Waals surface area contributed by atoms with Gasteiger partial charge in [0.05, 0.1) is 0 Å². The first-order chi connectivity index (χ1) is 72.3. The molecule has 13 rings (SSSR count). The summed E-state index contributed by atoms with van der Waals surface area (Å²) in [6.07, 6.45) is 36.1. The molecule has 8 N–H and O–H groups in total. The van der Waals surface area contributed by atoms with Gasteiger partial charge < -0.3 is 98.5 Å². The summed E-state index contributed by atoms with van der Waals surface area (Å²) in [7, 11) is 0. The molecule has 1 aliphatic carbocycles. The minimum atomic E-state index is -1.40. The third kappa shape index (κ3) is 32.6. The fourth-order valence-corrected chi connectivity index (χ4v) is 21.3. The van der Waals surface area contributed by atoms with E-state index in [0.29, 0.717) is 118 Å². The summed E-state index contributed by atoms with van der Waals surface area (Å²) in [4.78, 5) is 114. The smallest absolute Gasteiger partial charge is 0.326 e. The van der Waals surface area contributed by atoms with Crippen molar-refractivity contribution >= 4 is 47.5 Å². The van der Waals surface area contributed by atoms with Crippen LogP contribution in [0.15, 0.2) is 146 Å². The van der Waals surface area contributed by atoms with Gasteiger partial charge in [0.25, 0.3) is 23.6 Å². The highest BCUT2D eigenvalue weighted by Crippen LogP contribution is 2.63. The number of hydrogen-bond donors (Lipinski definition) is 8. The second-order valence-corrected chi connectivity index (χ2v) is 40.2. The van der Waals surface area contributed by atoms with Crippen molar-refractivity contribution in [1.82, 2.24) is 21.3 Å². The summed E-state index contributed by atoms with van der Waals surface area (Å²) in [6.45, 7) is 3.26. The van der Waals surface area contributed by atoms with Crippen LogP contribution in [0.5, 0.6) is 69.0 Å². The first kappa shape index (κ1) is 112. The highest BCUT2D eigenvalue weighted by Gasteiger charge is 2.45. The van der Waals surface area contributed by atoms with E-state index < -0.39 is 149 Å². The molecular weight excluding hydrogens is 1880 g/mol. The summed E-state index contributed by atoms with van der Waals surface area (Å²) in [6, 6.07) is 38.8. The first-order valence-electron chi connectivity index (χ1n) is 54.9. The van der Waals surface area contributed by atoms with Crippen molar-refractivity contribution in [3.8, 4) is 69.0 Å². The van der Waals surface area contributed by atoms with Crippen molar-refractivity contribution in [2.45, 2.75) is 358 Å². The van der Waals surface area contributed by atoms with Crippen molar-refractivity contribution in [2.75, 3.05) is 53.6 Å². The number of amides is 4. The zero-order chi connectivity index (χ0) is 104. The largest absolute Gasteiger partial charge is 0.480 e.